The molecule has 1 aliphatic rings. The number of nitrogen functional groups attached to an aromatic ring is 1. The molecule has 2 aromatic carbocycles. The molecule has 9 nitrogen and oxygen atoms in total. The summed E-state index contributed by atoms with van der Waals surface area (Å²) in [5.41, 5.74) is 7.11. The number of alkyl carbamates (subject to hydrolysis) is 1. The number of phenolic OH excluding ortho intramolecular Hbond substituents is 1. The third-order valence-corrected chi connectivity index (χ3v) is 7.78. The smallest absolute Gasteiger partial charge is 0.407 e. The van der Waals surface area contributed by atoms with Crippen LogP contribution < -0.4 is 15.4 Å². The van der Waals surface area contributed by atoms with Crippen LogP contribution in [0.3, 0.4) is 0 Å². The van der Waals surface area contributed by atoms with Gasteiger partial charge in [0.25, 0.3) is 10.0 Å². The first-order valence-corrected chi connectivity index (χ1v) is 13.5. The fourth-order valence-corrected chi connectivity index (χ4v) is 5.47. The van der Waals surface area contributed by atoms with Crippen molar-refractivity contribution in [3.63, 3.8) is 0 Å². The van der Waals surface area contributed by atoms with Crippen molar-refractivity contribution in [1.82, 2.24) is 5.32 Å². The number of hydrogen-bond acceptors (Lipinski definition) is 7. The van der Waals surface area contributed by atoms with Gasteiger partial charge >= 0.3 is 6.09 Å². The second kappa shape index (κ2) is 11.4. The van der Waals surface area contributed by atoms with Crippen LogP contribution in [0.4, 0.5) is 16.2 Å². The van der Waals surface area contributed by atoms with Crippen molar-refractivity contribution in [3.8, 4) is 5.75 Å². The highest BCUT2D eigenvalue weighted by molar-refractivity contribution is 7.92. The van der Waals surface area contributed by atoms with Crippen LogP contribution in [-0.4, -0.2) is 52.0 Å². The second-order valence-electron chi connectivity index (χ2n) is 10.3. The van der Waals surface area contributed by atoms with Crippen LogP contribution in [0.5, 0.6) is 5.75 Å². The predicted molar refractivity (Wildman–Crippen MR) is 140 cm³/mol. The number of nitrogens with one attached hydrogen (secondary N) is 1. The predicted octanol–water partition coefficient (Wildman–Crippen LogP) is 3.91. The molecular weight excluding hydrogens is 482 g/mol. The zero-order chi connectivity index (χ0) is 26.5. The summed E-state index contributed by atoms with van der Waals surface area (Å²) in [5.74, 6) is -0.0955. The molecule has 0 radical (unpaired) electrons. The number of ether oxygens (including phenoxy) is 2. The molecule has 198 valence electrons. The standard InChI is InChI=1S/C26H37N3O6S/c1-18(2)14-29(36(32,33)22-10-8-21(27)9-11-22)23-12-7-20(13-24(23)30)6-5-19(3)28-25(31)35-17-26(4)15-34-16-26/h7-13,18-19,30H,5-6,14-17,27H2,1-4H3,(H,28,31). The number of phenols is 1. The van der Waals surface area contributed by atoms with E-state index in [2.05, 4.69) is 5.32 Å². The van der Waals surface area contributed by atoms with Crippen molar-refractivity contribution in [2.75, 3.05) is 36.4 Å². The van der Waals surface area contributed by atoms with Gasteiger partial charge in [-0.25, -0.2) is 13.2 Å². The van der Waals surface area contributed by atoms with Crippen LogP contribution in [0, 0.1) is 11.3 Å². The maximum Gasteiger partial charge on any atom is 0.407 e. The molecule has 1 fully saturated rings. The number of amides is 1. The molecule has 0 aliphatic carbocycles. The third kappa shape index (κ3) is 7.04. The summed E-state index contributed by atoms with van der Waals surface area (Å²) in [5, 5.41) is 13.6. The molecule has 0 aromatic heterocycles. The summed E-state index contributed by atoms with van der Waals surface area (Å²) in [6, 6.07) is 10.8. The summed E-state index contributed by atoms with van der Waals surface area (Å²) in [4.78, 5) is 12.2. The first-order valence-electron chi connectivity index (χ1n) is 12.1. The Balaban J connectivity index is 1.65. The topological polar surface area (TPSA) is 131 Å². The van der Waals surface area contributed by atoms with E-state index in [1.54, 1.807) is 18.2 Å². The molecule has 2 aromatic rings. The second-order valence-corrected chi connectivity index (χ2v) is 12.1. The van der Waals surface area contributed by atoms with Gasteiger partial charge in [0.05, 0.1) is 23.8 Å². The Morgan fingerprint density at radius 2 is 1.86 bits per heavy atom. The lowest BCUT2D eigenvalue weighted by Crippen LogP contribution is -2.45. The highest BCUT2D eigenvalue weighted by Gasteiger charge is 2.35. The maximum absolute atomic E-state index is 13.4. The third-order valence-electron chi connectivity index (χ3n) is 5.99. The van der Waals surface area contributed by atoms with Gasteiger partial charge in [-0.15, -0.1) is 0 Å². The van der Waals surface area contributed by atoms with Gasteiger partial charge in [-0.2, -0.15) is 0 Å². The average Bonchev–Trinajstić information content (AvgIpc) is 2.79. The number of sulfonamides is 1. The van der Waals surface area contributed by atoms with Gasteiger partial charge in [0.1, 0.15) is 12.4 Å². The van der Waals surface area contributed by atoms with Crippen molar-refractivity contribution in [1.29, 1.82) is 0 Å². The van der Waals surface area contributed by atoms with E-state index in [0.29, 0.717) is 38.3 Å². The molecule has 4 N–H and O–H groups in total. The van der Waals surface area contributed by atoms with E-state index >= 15 is 0 Å². The van der Waals surface area contributed by atoms with Crippen molar-refractivity contribution in [2.45, 2.75) is 51.5 Å². The highest BCUT2D eigenvalue weighted by atomic mass is 32.2. The lowest BCUT2D eigenvalue weighted by atomic mass is 9.90. The fraction of sp³-hybridized carbons (Fsp3) is 0.500. The Bertz CT molecular complexity index is 1150. The number of rotatable bonds is 11. The van der Waals surface area contributed by atoms with Crippen molar-refractivity contribution >= 4 is 27.5 Å². The van der Waals surface area contributed by atoms with Gasteiger partial charge in [-0.05, 0) is 67.6 Å². The van der Waals surface area contributed by atoms with E-state index in [0.717, 1.165) is 5.56 Å². The number of aromatic hydroxyl groups is 1. The normalized spacial score (nSPS) is 15.7. The molecule has 1 aliphatic heterocycles. The number of anilines is 2. The molecule has 1 saturated heterocycles. The quantitative estimate of drug-likeness (QED) is 0.384. The van der Waals surface area contributed by atoms with Crippen molar-refractivity contribution in [2.24, 2.45) is 11.3 Å². The van der Waals surface area contributed by atoms with Crippen LogP contribution in [0.2, 0.25) is 0 Å². The molecule has 10 heteroatoms. The summed E-state index contributed by atoms with van der Waals surface area (Å²) in [6.07, 6.45) is 0.731. The first-order chi connectivity index (χ1) is 16.9. The molecule has 0 spiro atoms. The summed E-state index contributed by atoms with van der Waals surface area (Å²) in [7, 11) is -3.91. The van der Waals surface area contributed by atoms with Gasteiger partial charge in [-0.3, -0.25) is 4.31 Å². The molecule has 1 heterocycles. The first kappa shape index (κ1) is 27.6. The van der Waals surface area contributed by atoms with Crippen LogP contribution >= 0.6 is 0 Å². The Kier molecular flexibility index (Phi) is 8.73. The van der Waals surface area contributed by atoms with Crippen LogP contribution in [0.25, 0.3) is 0 Å². The molecule has 36 heavy (non-hydrogen) atoms. The number of nitrogens with zero attached hydrogens (tertiary/aromatic N) is 1. The fourth-order valence-electron chi connectivity index (χ4n) is 3.83. The van der Waals surface area contributed by atoms with Gasteiger partial charge in [0, 0.05) is 23.7 Å². The Morgan fingerprint density at radius 1 is 1.19 bits per heavy atom. The SMILES string of the molecule is CC(C)CN(c1ccc(CCC(C)NC(=O)OCC2(C)COC2)cc1O)S(=O)(=O)c1ccc(N)cc1. The zero-order valence-electron chi connectivity index (χ0n) is 21.4. The van der Waals surface area contributed by atoms with E-state index in [-0.39, 0.29) is 40.3 Å². The largest absolute Gasteiger partial charge is 0.506 e. The number of aryl methyl sites for hydroxylation is 1. The van der Waals surface area contributed by atoms with E-state index in [1.165, 1.54) is 28.6 Å². The summed E-state index contributed by atoms with van der Waals surface area (Å²) in [6.45, 7) is 9.41. The number of carbonyl (C=O) groups is 1. The lowest BCUT2D eigenvalue weighted by Gasteiger charge is -2.37. The highest BCUT2D eigenvalue weighted by Crippen LogP contribution is 2.34. The molecule has 3 rings (SSSR count). The minimum absolute atomic E-state index is 0.0266. The monoisotopic (exact) mass is 519 g/mol. The van der Waals surface area contributed by atoms with Crippen LogP contribution in [-0.2, 0) is 25.9 Å². The van der Waals surface area contributed by atoms with Crippen molar-refractivity contribution < 1.29 is 27.8 Å². The minimum atomic E-state index is -3.91. The van der Waals surface area contributed by atoms with E-state index in [9.17, 15) is 18.3 Å². The number of hydrogen-bond donors (Lipinski definition) is 3. The molecule has 1 atom stereocenters. The average molecular weight is 520 g/mol. The number of benzene rings is 2. The van der Waals surface area contributed by atoms with E-state index in [4.69, 9.17) is 15.2 Å². The Hall–Kier alpha value is -2.98. The maximum atomic E-state index is 13.4. The molecule has 1 unspecified atom stereocenters. The Morgan fingerprint density at radius 3 is 2.42 bits per heavy atom. The van der Waals surface area contributed by atoms with Gasteiger partial charge in [-0.1, -0.05) is 26.8 Å². The molecule has 1 amide bonds. The van der Waals surface area contributed by atoms with Crippen LogP contribution in [0.15, 0.2) is 47.4 Å². The summed E-state index contributed by atoms with van der Waals surface area (Å²) < 4.78 is 38.5. The molecule has 0 bridgehead atoms. The lowest BCUT2D eigenvalue weighted by molar-refractivity contribution is -0.126. The van der Waals surface area contributed by atoms with Crippen LogP contribution in [0.1, 0.15) is 39.7 Å². The summed E-state index contributed by atoms with van der Waals surface area (Å²) >= 11 is 0. The van der Waals surface area contributed by atoms with E-state index < -0.39 is 16.1 Å². The van der Waals surface area contributed by atoms with Gasteiger partial charge < -0.3 is 25.6 Å². The minimum Gasteiger partial charge on any atom is -0.506 e. The van der Waals surface area contributed by atoms with Gasteiger partial charge in [0.2, 0.25) is 0 Å². The van der Waals surface area contributed by atoms with Gasteiger partial charge in [0.15, 0.2) is 0 Å². The Labute approximate surface area is 213 Å². The van der Waals surface area contributed by atoms with E-state index in [1.807, 2.05) is 27.7 Å². The number of nitrogens with two attached hydrogens (primary N) is 1. The van der Waals surface area contributed by atoms with Crippen molar-refractivity contribution in [3.05, 3.63) is 48.0 Å². The zero-order valence-corrected chi connectivity index (χ0v) is 22.2. The molecule has 0 saturated carbocycles. The number of carbonyl (C=O) groups excluding carboxylic acids is 1. The molecular formula is C26H37N3O6S.